The summed E-state index contributed by atoms with van der Waals surface area (Å²) in [4.78, 5) is 1.97. The zero-order valence-corrected chi connectivity index (χ0v) is 12.4. The van der Waals surface area contributed by atoms with Crippen LogP contribution in [0, 0.1) is 0 Å². The van der Waals surface area contributed by atoms with Gasteiger partial charge in [-0.25, -0.2) is 0 Å². The Morgan fingerprint density at radius 1 is 1.39 bits per heavy atom. The van der Waals surface area contributed by atoms with E-state index in [1.54, 1.807) is 13.8 Å². The first-order valence-corrected chi connectivity index (χ1v) is 6.64. The van der Waals surface area contributed by atoms with E-state index in [1.807, 2.05) is 24.1 Å². The van der Waals surface area contributed by atoms with Gasteiger partial charge in [0.25, 0.3) is 0 Å². The van der Waals surface area contributed by atoms with Gasteiger partial charge >= 0.3 is 0 Å². The Morgan fingerprint density at radius 3 is 2.56 bits per heavy atom. The number of hydrogen-bond acceptors (Lipinski definition) is 3. The summed E-state index contributed by atoms with van der Waals surface area (Å²) in [5, 5.41) is 13.8. The lowest BCUT2D eigenvalue weighted by Gasteiger charge is -2.28. The van der Waals surface area contributed by atoms with Crippen LogP contribution >= 0.6 is 11.6 Å². The molecule has 1 rings (SSSR count). The number of rotatable bonds is 6. The van der Waals surface area contributed by atoms with E-state index in [2.05, 4.69) is 18.3 Å². The third-order valence-electron chi connectivity index (χ3n) is 2.63. The van der Waals surface area contributed by atoms with Crippen LogP contribution in [0.15, 0.2) is 18.2 Å². The molecule has 0 amide bonds. The maximum Gasteiger partial charge on any atom is 0.0765 e. The van der Waals surface area contributed by atoms with Crippen molar-refractivity contribution >= 4 is 17.3 Å². The minimum atomic E-state index is -0.736. The van der Waals surface area contributed by atoms with E-state index < -0.39 is 5.60 Å². The fourth-order valence-corrected chi connectivity index (χ4v) is 2.25. The first kappa shape index (κ1) is 15.3. The van der Waals surface area contributed by atoms with E-state index in [0.29, 0.717) is 6.54 Å². The lowest BCUT2D eigenvalue weighted by Crippen LogP contribution is -2.36. The molecule has 0 atom stereocenters. The fraction of sp³-hybridized carbons (Fsp3) is 0.571. The van der Waals surface area contributed by atoms with E-state index in [9.17, 15) is 5.11 Å². The fourth-order valence-electron chi connectivity index (χ4n) is 1.90. The van der Waals surface area contributed by atoms with Gasteiger partial charge in [0, 0.05) is 20.1 Å². The SMILES string of the molecule is CCNCc1ccc(N(C)CC(C)(C)O)c(Cl)c1. The minimum Gasteiger partial charge on any atom is -0.389 e. The lowest BCUT2D eigenvalue weighted by molar-refractivity contribution is 0.0886. The van der Waals surface area contributed by atoms with Crippen LogP contribution in [0.4, 0.5) is 5.69 Å². The monoisotopic (exact) mass is 270 g/mol. The van der Waals surface area contributed by atoms with Gasteiger partial charge in [-0.1, -0.05) is 24.6 Å². The Labute approximate surface area is 115 Å². The second-order valence-corrected chi connectivity index (χ2v) is 5.64. The number of benzene rings is 1. The molecule has 0 aliphatic rings. The van der Waals surface area contributed by atoms with E-state index in [-0.39, 0.29) is 0 Å². The van der Waals surface area contributed by atoms with E-state index in [4.69, 9.17) is 11.6 Å². The summed E-state index contributed by atoms with van der Waals surface area (Å²) in [5.41, 5.74) is 1.38. The molecule has 0 radical (unpaired) electrons. The summed E-state index contributed by atoms with van der Waals surface area (Å²) in [6.07, 6.45) is 0. The minimum absolute atomic E-state index is 0.541. The van der Waals surface area contributed by atoms with Crippen molar-refractivity contribution in [3.8, 4) is 0 Å². The highest BCUT2D eigenvalue weighted by Crippen LogP contribution is 2.27. The van der Waals surface area contributed by atoms with Crippen molar-refractivity contribution in [1.82, 2.24) is 5.32 Å². The molecular weight excluding hydrogens is 248 g/mol. The number of aliphatic hydroxyl groups is 1. The van der Waals surface area contributed by atoms with Gasteiger partial charge in [0.1, 0.15) is 0 Å². The predicted octanol–water partition coefficient (Wildman–Crippen LogP) is 2.66. The molecule has 0 heterocycles. The van der Waals surface area contributed by atoms with Gasteiger partial charge in [0.05, 0.1) is 16.3 Å². The summed E-state index contributed by atoms with van der Waals surface area (Å²) in [5.74, 6) is 0. The zero-order valence-electron chi connectivity index (χ0n) is 11.6. The van der Waals surface area contributed by atoms with Crippen molar-refractivity contribution < 1.29 is 5.11 Å². The average molecular weight is 271 g/mol. The molecule has 2 N–H and O–H groups in total. The average Bonchev–Trinajstić information content (AvgIpc) is 2.23. The highest BCUT2D eigenvalue weighted by atomic mass is 35.5. The molecule has 3 nitrogen and oxygen atoms in total. The van der Waals surface area contributed by atoms with Crippen LogP contribution in [0.5, 0.6) is 0 Å². The summed E-state index contributed by atoms with van der Waals surface area (Å²) in [6.45, 7) is 7.96. The van der Waals surface area contributed by atoms with Gasteiger partial charge < -0.3 is 15.3 Å². The molecule has 0 saturated carbocycles. The van der Waals surface area contributed by atoms with Crippen molar-refractivity contribution in [3.63, 3.8) is 0 Å². The molecule has 1 aromatic rings. The molecule has 0 aliphatic heterocycles. The summed E-state index contributed by atoms with van der Waals surface area (Å²) >= 11 is 6.28. The van der Waals surface area contributed by atoms with Crippen LogP contribution < -0.4 is 10.2 Å². The predicted molar refractivity (Wildman–Crippen MR) is 78.4 cm³/mol. The Bertz CT molecular complexity index is 388. The van der Waals surface area contributed by atoms with Crippen LogP contribution in [-0.4, -0.2) is 30.8 Å². The summed E-state index contributed by atoms with van der Waals surface area (Å²) in [6, 6.07) is 6.03. The Hall–Kier alpha value is -0.770. The van der Waals surface area contributed by atoms with Crippen molar-refractivity contribution in [2.75, 3.05) is 25.0 Å². The summed E-state index contributed by atoms with van der Waals surface area (Å²) < 4.78 is 0. The molecule has 0 unspecified atom stereocenters. The maximum absolute atomic E-state index is 9.82. The quantitative estimate of drug-likeness (QED) is 0.834. The molecular formula is C14H23ClN2O. The molecule has 1 aromatic carbocycles. The number of hydrogen-bond donors (Lipinski definition) is 2. The molecule has 0 aromatic heterocycles. The highest BCUT2D eigenvalue weighted by Gasteiger charge is 2.17. The summed E-state index contributed by atoms with van der Waals surface area (Å²) in [7, 11) is 1.93. The normalized spacial score (nSPS) is 11.7. The van der Waals surface area contributed by atoms with Crippen LogP contribution in [-0.2, 0) is 6.54 Å². The molecule has 4 heteroatoms. The maximum atomic E-state index is 9.82. The van der Waals surface area contributed by atoms with Gasteiger partial charge in [-0.3, -0.25) is 0 Å². The van der Waals surface area contributed by atoms with Crippen LogP contribution in [0.3, 0.4) is 0 Å². The number of nitrogens with one attached hydrogen (secondary N) is 1. The highest BCUT2D eigenvalue weighted by molar-refractivity contribution is 6.33. The molecule has 0 aliphatic carbocycles. The van der Waals surface area contributed by atoms with E-state index >= 15 is 0 Å². The van der Waals surface area contributed by atoms with Crippen LogP contribution in [0.1, 0.15) is 26.3 Å². The van der Waals surface area contributed by atoms with Gasteiger partial charge in [-0.15, -0.1) is 0 Å². The van der Waals surface area contributed by atoms with Crippen molar-refractivity contribution in [2.24, 2.45) is 0 Å². The van der Waals surface area contributed by atoms with Gasteiger partial charge in [0.2, 0.25) is 0 Å². The zero-order chi connectivity index (χ0) is 13.8. The first-order valence-electron chi connectivity index (χ1n) is 6.26. The van der Waals surface area contributed by atoms with E-state index in [0.717, 1.165) is 23.8 Å². The molecule has 102 valence electrons. The second kappa shape index (κ2) is 6.41. The van der Waals surface area contributed by atoms with Crippen molar-refractivity contribution in [3.05, 3.63) is 28.8 Å². The lowest BCUT2D eigenvalue weighted by atomic mass is 10.1. The van der Waals surface area contributed by atoms with Gasteiger partial charge in [0.15, 0.2) is 0 Å². The Kier molecular flexibility index (Phi) is 5.45. The Morgan fingerprint density at radius 2 is 2.06 bits per heavy atom. The third-order valence-corrected chi connectivity index (χ3v) is 2.93. The standard InChI is InChI=1S/C14H23ClN2O/c1-5-16-9-11-6-7-13(12(15)8-11)17(4)10-14(2,3)18/h6-8,16,18H,5,9-10H2,1-4H3. The molecule has 0 saturated heterocycles. The van der Waals surface area contributed by atoms with Crippen LogP contribution in [0.2, 0.25) is 5.02 Å². The second-order valence-electron chi connectivity index (χ2n) is 5.23. The third kappa shape index (κ3) is 4.84. The largest absolute Gasteiger partial charge is 0.389 e. The van der Waals surface area contributed by atoms with E-state index in [1.165, 1.54) is 5.56 Å². The number of nitrogens with zero attached hydrogens (tertiary/aromatic N) is 1. The molecule has 0 spiro atoms. The molecule has 0 bridgehead atoms. The first-order chi connectivity index (χ1) is 8.33. The van der Waals surface area contributed by atoms with Gasteiger partial charge in [-0.2, -0.15) is 0 Å². The number of halogens is 1. The number of likely N-dealkylation sites (N-methyl/N-ethyl adjacent to an activating group) is 1. The van der Waals surface area contributed by atoms with Crippen molar-refractivity contribution in [1.29, 1.82) is 0 Å². The van der Waals surface area contributed by atoms with Crippen molar-refractivity contribution in [2.45, 2.75) is 32.9 Å². The smallest absolute Gasteiger partial charge is 0.0765 e. The molecule has 18 heavy (non-hydrogen) atoms. The topological polar surface area (TPSA) is 35.5 Å². The Balaban J connectivity index is 2.78. The van der Waals surface area contributed by atoms with Gasteiger partial charge in [-0.05, 0) is 38.1 Å². The molecule has 0 fully saturated rings. The van der Waals surface area contributed by atoms with Crippen LogP contribution in [0.25, 0.3) is 0 Å². The number of anilines is 1.